The second kappa shape index (κ2) is 7.46. The molecule has 0 saturated heterocycles. The first kappa shape index (κ1) is 15.8. The maximum atomic E-state index is 4.52. The minimum atomic E-state index is 0.785. The number of nitrogens with one attached hydrogen (secondary N) is 1. The average Bonchev–Trinajstić information content (AvgIpc) is 2.49. The van der Waals surface area contributed by atoms with Gasteiger partial charge in [-0.25, -0.2) is 4.98 Å². The Morgan fingerprint density at radius 3 is 2.48 bits per heavy atom. The van der Waals surface area contributed by atoms with E-state index in [1.807, 2.05) is 6.20 Å². The number of hydrogen-bond donors (Lipinski definition) is 1. The fourth-order valence-corrected chi connectivity index (χ4v) is 2.85. The maximum Gasteiger partial charge on any atom is 0.128 e. The van der Waals surface area contributed by atoms with Crippen LogP contribution in [0, 0.1) is 6.92 Å². The highest BCUT2D eigenvalue weighted by Gasteiger charge is 2.04. The fraction of sp³-hybridized carbons (Fsp3) is 0.353. The Morgan fingerprint density at radius 1 is 1.14 bits per heavy atom. The van der Waals surface area contributed by atoms with Gasteiger partial charge in [0.15, 0.2) is 0 Å². The van der Waals surface area contributed by atoms with Crippen molar-refractivity contribution < 1.29 is 0 Å². The molecule has 1 N–H and O–H groups in total. The maximum absolute atomic E-state index is 4.52. The molecule has 0 aliphatic heterocycles. The highest BCUT2D eigenvalue weighted by molar-refractivity contribution is 9.10. The van der Waals surface area contributed by atoms with Crippen molar-refractivity contribution >= 4 is 27.4 Å². The second-order valence-electron chi connectivity index (χ2n) is 5.03. The van der Waals surface area contributed by atoms with Crippen LogP contribution >= 0.6 is 15.9 Å². The summed E-state index contributed by atoms with van der Waals surface area (Å²) in [6.07, 6.45) is 1.90. The van der Waals surface area contributed by atoms with Crippen molar-refractivity contribution in [2.75, 3.05) is 23.3 Å². The molecular weight excluding hydrogens is 326 g/mol. The summed E-state index contributed by atoms with van der Waals surface area (Å²) in [7, 11) is 0. The van der Waals surface area contributed by atoms with E-state index in [2.05, 4.69) is 82.2 Å². The van der Waals surface area contributed by atoms with E-state index in [1.165, 1.54) is 11.1 Å². The lowest BCUT2D eigenvalue weighted by atomic mass is 10.1. The molecule has 4 heteroatoms. The standard InChI is InChI=1S/C17H22BrN3/c1-4-21(5-2)17-9-8-15(12-20-17)19-11-14-7-6-13(3)10-16(14)18/h6-10,12,19H,4-5,11H2,1-3H3. The molecule has 0 amide bonds. The Hall–Kier alpha value is -1.55. The molecule has 0 fully saturated rings. The molecule has 1 aromatic carbocycles. The summed E-state index contributed by atoms with van der Waals surface area (Å²) in [5.74, 6) is 1.03. The van der Waals surface area contributed by atoms with E-state index in [0.29, 0.717) is 0 Å². The first-order chi connectivity index (χ1) is 10.1. The first-order valence-electron chi connectivity index (χ1n) is 7.34. The third-order valence-electron chi connectivity index (χ3n) is 3.53. The molecule has 2 rings (SSSR count). The predicted molar refractivity (Wildman–Crippen MR) is 94.0 cm³/mol. The first-order valence-corrected chi connectivity index (χ1v) is 8.13. The zero-order valence-electron chi connectivity index (χ0n) is 12.9. The van der Waals surface area contributed by atoms with E-state index in [0.717, 1.165) is 35.6 Å². The highest BCUT2D eigenvalue weighted by Crippen LogP contribution is 2.20. The molecular formula is C17H22BrN3. The highest BCUT2D eigenvalue weighted by atomic mass is 79.9. The van der Waals surface area contributed by atoms with Crippen LogP contribution in [-0.2, 0) is 6.54 Å². The number of aryl methyl sites for hydroxylation is 1. The minimum Gasteiger partial charge on any atom is -0.380 e. The van der Waals surface area contributed by atoms with Crippen LogP contribution in [0.2, 0.25) is 0 Å². The number of nitrogens with zero attached hydrogens (tertiary/aromatic N) is 2. The number of pyridine rings is 1. The zero-order valence-corrected chi connectivity index (χ0v) is 14.4. The Bertz CT molecular complexity index is 577. The molecule has 21 heavy (non-hydrogen) atoms. The van der Waals surface area contributed by atoms with Gasteiger partial charge in [-0.2, -0.15) is 0 Å². The number of hydrogen-bond acceptors (Lipinski definition) is 3. The molecule has 0 aliphatic carbocycles. The van der Waals surface area contributed by atoms with Gasteiger partial charge < -0.3 is 10.2 Å². The smallest absolute Gasteiger partial charge is 0.128 e. The van der Waals surface area contributed by atoms with Gasteiger partial charge in [0.05, 0.1) is 11.9 Å². The lowest BCUT2D eigenvalue weighted by molar-refractivity contribution is 0.846. The molecule has 0 aliphatic rings. The summed E-state index contributed by atoms with van der Waals surface area (Å²) in [6.45, 7) is 9.13. The van der Waals surface area contributed by atoms with Crippen LogP contribution in [0.25, 0.3) is 0 Å². The van der Waals surface area contributed by atoms with Crippen molar-refractivity contribution in [1.29, 1.82) is 0 Å². The fourth-order valence-electron chi connectivity index (χ4n) is 2.22. The quantitative estimate of drug-likeness (QED) is 0.826. The van der Waals surface area contributed by atoms with Crippen molar-refractivity contribution in [2.24, 2.45) is 0 Å². The van der Waals surface area contributed by atoms with Crippen LogP contribution in [0.1, 0.15) is 25.0 Å². The molecule has 0 saturated carbocycles. The van der Waals surface area contributed by atoms with Crippen LogP contribution in [0.5, 0.6) is 0 Å². The second-order valence-corrected chi connectivity index (χ2v) is 5.88. The largest absolute Gasteiger partial charge is 0.380 e. The lowest BCUT2D eigenvalue weighted by Gasteiger charge is -2.19. The van der Waals surface area contributed by atoms with E-state index in [1.54, 1.807) is 0 Å². The molecule has 2 aromatic rings. The van der Waals surface area contributed by atoms with Gasteiger partial charge in [-0.05, 0) is 50.1 Å². The van der Waals surface area contributed by atoms with Gasteiger partial charge in [-0.3, -0.25) is 0 Å². The predicted octanol–water partition coefficient (Wildman–Crippen LogP) is 4.61. The third kappa shape index (κ3) is 4.21. The van der Waals surface area contributed by atoms with Crippen LogP contribution in [0.15, 0.2) is 41.0 Å². The molecule has 0 spiro atoms. The van der Waals surface area contributed by atoms with Gasteiger partial charge in [-0.15, -0.1) is 0 Å². The van der Waals surface area contributed by atoms with Gasteiger partial charge in [0.2, 0.25) is 0 Å². The summed E-state index contributed by atoms with van der Waals surface area (Å²) in [5, 5.41) is 3.41. The summed E-state index contributed by atoms with van der Waals surface area (Å²) >= 11 is 3.61. The number of rotatable bonds is 6. The summed E-state index contributed by atoms with van der Waals surface area (Å²) < 4.78 is 1.14. The average molecular weight is 348 g/mol. The van der Waals surface area contributed by atoms with Gasteiger partial charge >= 0.3 is 0 Å². The topological polar surface area (TPSA) is 28.2 Å². The van der Waals surface area contributed by atoms with Crippen LogP contribution < -0.4 is 10.2 Å². The number of benzene rings is 1. The van der Waals surface area contributed by atoms with E-state index in [9.17, 15) is 0 Å². The van der Waals surface area contributed by atoms with Crippen molar-refractivity contribution in [1.82, 2.24) is 4.98 Å². The monoisotopic (exact) mass is 347 g/mol. The van der Waals surface area contributed by atoms with E-state index in [4.69, 9.17) is 0 Å². The lowest BCUT2D eigenvalue weighted by Crippen LogP contribution is -2.22. The van der Waals surface area contributed by atoms with E-state index < -0.39 is 0 Å². The van der Waals surface area contributed by atoms with Crippen LogP contribution in [-0.4, -0.2) is 18.1 Å². The van der Waals surface area contributed by atoms with Crippen LogP contribution in [0.3, 0.4) is 0 Å². The SMILES string of the molecule is CCN(CC)c1ccc(NCc2ccc(C)cc2Br)cn1. The molecule has 112 valence electrons. The number of aromatic nitrogens is 1. The molecule has 1 aromatic heterocycles. The number of halogens is 1. The minimum absolute atomic E-state index is 0.785. The molecule has 0 unspecified atom stereocenters. The Balaban J connectivity index is 2.00. The van der Waals surface area contributed by atoms with Gasteiger partial charge in [-0.1, -0.05) is 28.1 Å². The van der Waals surface area contributed by atoms with E-state index >= 15 is 0 Å². The van der Waals surface area contributed by atoms with Gasteiger partial charge in [0.25, 0.3) is 0 Å². The van der Waals surface area contributed by atoms with Crippen molar-refractivity contribution in [2.45, 2.75) is 27.3 Å². The normalized spacial score (nSPS) is 10.5. The third-order valence-corrected chi connectivity index (χ3v) is 4.27. The molecule has 0 atom stereocenters. The number of anilines is 2. The van der Waals surface area contributed by atoms with Gasteiger partial charge in [0.1, 0.15) is 5.82 Å². The summed E-state index contributed by atoms with van der Waals surface area (Å²) in [6, 6.07) is 10.6. The molecule has 1 heterocycles. The van der Waals surface area contributed by atoms with Crippen molar-refractivity contribution in [3.8, 4) is 0 Å². The van der Waals surface area contributed by atoms with Crippen molar-refractivity contribution in [3.63, 3.8) is 0 Å². The van der Waals surface area contributed by atoms with Gasteiger partial charge in [0, 0.05) is 24.1 Å². The summed E-state index contributed by atoms with van der Waals surface area (Å²) in [5.41, 5.74) is 3.54. The Kier molecular flexibility index (Phi) is 5.62. The van der Waals surface area contributed by atoms with Crippen molar-refractivity contribution in [3.05, 3.63) is 52.1 Å². The molecule has 3 nitrogen and oxygen atoms in total. The Morgan fingerprint density at radius 2 is 1.90 bits per heavy atom. The van der Waals surface area contributed by atoms with E-state index in [-0.39, 0.29) is 0 Å². The Labute approximate surface area is 135 Å². The zero-order chi connectivity index (χ0) is 15.2. The summed E-state index contributed by atoms with van der Waals surface area (Å²) in [4.78, 5) is 6.76. The van der Waals surface area contributed by atoms with Crippen LogP contribution in [0.4, 0.5) is 11.5 Å². The molecule has 0 bridgehead atoms. The molecule has 0 radical (unpaired) electrons.